The molecule has 0 saturated carbocycles. The highest BCUT2D eigenvalue weighted by molar-refractivity contribution is 7.13. The number of carboxylic acid groups (broad SMARTS) is 1. The van der Waals surface area contributed by atoms with Gasteiger partial charge < -0.3 is 5.11 Å². The molecular weight excluding hydrogens is 246 g/mol. The Bertz CT molecular complexity index is 720. The molecule has 18 heavy (non-hydrogen) atoms. The Morgan fingerprint density at radius 2 is 2.11 bits per heavy atom. The van der Waals surface area contributed by atoms with Crippen molar-refractivity contribution in [3.05, 3.63) is 53.5 Å². The Morgan fingerprint density at radius 3 is 2.83 bits per heavy atom. The predicted molar refractivity (Wildman–Crippen MR) is 72.0 cm³/mol. The zero-order valence-corrected chi connectivity index (χ0v) is 10.1. The minimum Gasteiger partial charge on any atom is -0.478 e. The van der Waals surface area contributed by atoms with Crippen molar-refractivity contribution < 1.29 is 9.90 Å². The van der Waals surface area contributed by atoms with E-state index in [2.05, 4.69) is 4.98 Å². The van der Waals surface area contributed by atoms with Gasteiger partial charge in [-0.2, -0.15) is 0 Å². The highest BCUT2D eigenvalue weighted by atomic mass is 32.1. The maximum Gasteiger partial charge on any atom is 0.335 e. The lowest BCUT2D eigenvalue weighted by atomic mass is 10.0. The minimum atomic E-state index is -0.906. The van der Waals surface area contributed by atoms with E-state index in [1.165, 1.54) is 0 Å². The average Bonchev–Trinajstić information content (AvgIpc) is 2.91. The maximum atomic E-state index is 10.9. The largest absolute Gasteiger partial charge is 0.478 e. The van der Waals surface area contributed by atoms with Gasteiger partial charge in [0.15, 0.2) is 0 Å². The summed E-state index contributed by atoms with van der Waals surface area (Å²) >= 11 is 1.57. The molecule has 0 aliphatic heterocycles. The molecule has 3 aromatic rings. The van der Waals surface area contributed by atoms with Crippen LogP contribution in [-0.4, -0.2) is 16.1 Å². The second-order valence-corrected chi connectivity index (χ2v) is 4.78. The van der Waals surface area contributed by atoms with Crippen LogP contribution in [0.1, 0.15) is 10.4 Å². The van der Waals surface area contributed by atoms with Gasteiger partial charge in [0, 0.05) is 17.1 Å². The van der Waals surface area contributed by atoms with Crippen LogP contribution in [-0.2, 0) is 0 Å². The third-order valence-electron chi connectivity index (χ3n) is 2.79. The van der Waals surface area contributed by atoms with Crippen molar-refractivity contribution in [3.8, 4) is 10.6 Å². The molecule has 0 aliphatic rings. The number of rotatable bonds is 2. The van der Waals surface area contributed by atoms with Gasteiger partial charge in [0.05, 0.1) is 5.56 Å². The first-order valence-corrected chi connectivity index (χ1v) is 6.29. The Balaban J connectivity index is 2.26. The topological polar surface area (TPSA) is 50.2 Å². The molecule has 0 bridgehead atoms. The van der Waals surface area contributed by atoms with E-state index in [-0.39, 0.29) is 0 Å². The molecule has 4 heteroatoms. The van der Waals surface area contributed by atoms with Gasteiger partial charge in [-0.3, -0.25) is 0 Å². The molecule has 0 fully saturated rings. The van der Waals surface area contributed by atoms with Gasteiger partial charge in [0.1, 0.15) is 5.01 Å². The lowest BCUT2D eigenvalue weighted by molar-refractivity contribution is 0.0697. The zero-order chi connectivity index (χ0) is 12.5. The normalized spacial score (nSPS) is 10.7. The maximum absolute atomic E-state index is 10.9. The monoisotopic (exact) mass is 255 g/mol. The highest BCUT2D eigenvalue weighted by Crippen LogP contribution is 2.30. The van der Waals surface area contributed by atoms with E-state index < -0.39 is 5.97 Å². The second-order valence-electron chi connectivity index (χ2n) is 3.88. The second kappa shape index (κ2) is 4.23. The summed E-state index contributed by atoms with van der Waals surface area (Å²) in [5.74, 6) is -0.906. The number of benzene rings is 2. The molecule has 2 aromatic carbocycles. The van der Waals surface area contributed by atoms with E-state index in [4.69, 9.17) is 5.11 Å². The molecule has 0 amide bonds. The number of carboxylic acids is 1. The van der Waals surface area contributed by atoms with Gasteiger partial charge in [-0.25, -0.2) is 9.78 Å². The number of hydrogen-bond acceptors (Lipinski definition) is 3. The van der Waals surface area contributed by atoms with Crippen molar-refractivity contribution in [2.75, 3.05) is 0 Å². The third kappa shape index (κ3) is 1.76. The van der Waals surface area contributed by atoms with Crippen LogP contribution in [0.5, 0.6) is 0 Å². The molecule has 88 valence electrons. The van der Waals surface area contributed by atoms with Crippen molar-refractivity contribution in [2.45, 2.75) is 0 Å². The van der Waals surface area contributed by atoms with Crippen molar-refractivity contribution in [2.24, 2.45) is 0 Å². The number of nitrogens with zero attached hydrogens (tertiary/aromatic N) is 1. The number of carbonyl (C=O) groups is 1. The van der Waals surface area contributed by atoms with E-state index in [0.717, 1.165) is 21.3 Å². The fourth-order valence-corrected chi connectivity index (χ4v) is 2.64. The van der Waals surface area contributed by atoms with Gasteiger partial charge in [0.25, 0.3) is 0 Å². The van der Waals surface area contributed by atoms with E-state index in [1.54, 1.807) is 29.7 Å². The van der Waals surface area contributed by atoms with Crippen LogP contribution in [0.15, 0.2) is 48.0 Å². The molecule has 1 aromatic heterocycles. The molecule has 0 atom stereocenters. The first-order chi connectivity index (χ1) is 8.75. The molecule has 0 spiro atoms. The van der Waals surface area contributed by atoms with Gasteiger partial charge in [-0.1, -0.05) is 24.3 Å². The van der Waals surface area contributed by atoms with Gasteiger partial charge >= 0.3 is 5.97 Å². The van der Waals surface area contributed by atoms with Crippen molar-refractivity contribution >= 4 is 28.1 Å². The summed E-state index contributed by atoms with van der Waals surface area (Å²) in [6.07, 6.45) is 1.77. The van der Waals surface area contributed by atoms with Crippen molar-refractivity contribution in [1.29, 1.82) is 0 Å². The number of aromatic carboxylic acids is 1. The summed E-state index contributed by atoms with van der Waals surface area (Å²) < 4.78 is 0. The number of fused-ring (bicyclic) bond motifs is 1. The molecule has 3 rings (SSSR count). The quantitative estimate of drug-likeness (QED) is 0.760. The first kappa shape index (κ1) is 10.9. The fraction of sp³-hybridized carbons (Fsp3) is 0. The summed E-state index contributed by atoms with van der Waals surface area (Å²) in [6.45, 7) is 0. The lowest BCUT2D eigenvalue weighted by Crippen LogP contribution is -1.95. The third-order valence-corrected chi connectivity index (χ3v) is 3.60. The fourth-order valence-electron chi connectivity index (χ4n) is 1.96. The lowest BCUT2D eigenvalue weighted by Gasteiger charge is -2.04. The van der Waals surface area contributed by atoms with Crippen LogP contribution >= 0.6 is 11.3 Å². The molecular formula is C14H9NO2S. The van der Waals surface area contributed by atoms with Crippen LogP contribution in [0.4, 0.5) is 0 Å². The van der Waals surface area contributed by atoms with E-state index in [0.29, 0.717) is 5.56 Å². The molecule has 0 saturated heterocycles. The van der Waals surface area contributed by atoms with E-state index in [1.807, 2.05) is 29.6 Å². The number of thiazole rings is 1. The molecule has 0 radical (unpaired) electrons. The highest BCUT2D eigenvalue weighted by Gasteiger charge is 2.08. The average molecular weight is 255 g/mol. The van der Waals surface area contributed by atoms with Crippen molar-refractivity contribution in [1.82, 2.24) is 4.98 Å². The molecule has 1 heterocycles. The van der Waals surface area contributed by atoms with E-state index >= 15 is 0 Å². The predicted octanol–water partition coefficient (Wildman–Crippen LogP) is 3.66. The molecule has 3 nitrogen and oxygen atoms in total. The summed E-state index contributed by atoms with van der Waals surface area (Å²) in [4.78, 5) is 15.2. The van der Waals surface area contributed by atoms with Crippen LogP contribution < -0.4 is 0 Å². The molecule has 0 unspecified atom stereocenters. The number of hydrogen-bond donors (Lipinski definition) is 1. The molecule has 0 aliphatic carbocycles. The first-order valence-electron chi connectivity index (χ1n) is 5.41. The summed E-state index contributed by atoms with van der Waals surface area (Å²) in [6, 6.07) is 11.0. The van der Waals surface area contributed by atoms with Crippen LogP contribution in [0.25, 0.3) is 21.3 Å². The van der Waals surface area contributed by atoms with Crippen LogP contribution in [0.3, 0.4) is 0 Å². The zero-order valence-electron chi connectivity index (χ0n) is 9.33. The SMILES string of the molecule is O=C(O)c1ccc2c(-c3nccs3)cccc2c1. The smallest absolute Gasteiger partial charge is 0.335 e. The van der Waals surface area contributed by atoms with Crippen LogP contribution in [0.2, 0.25) is 0 Å². The minimum absolute atomic E-state index is 0.304. The van der Waals surface area contributed by atoms with Gasteiger partial charge in [-0.05, 0) is 22.9 Å². The summed E-state index contributed by atoms with van der Waals surface area (Å²) in [5.41, 5.74) is 1.35. The molecule has 1 N–H and O–H groups in total. The summed E-state index contributed by atoms with van der Waals surface area (Å²) in [5, 5.41) is 13.8. The number of aromatic nitrogens is 1. The van der Waals surface area contributed by atoms with Gasteiger partial charge in [0.2, 0.25) is 0 Å². The van der Waals surface area contributed by atoms with Gasteiger partial charge in [-0.15, -0.1) is 11.3 Å². The Kier molecular flexibility index (Phi) is 2.57. The standard InChI is InChI=1S/C14H9NO2S/c16-14(17)10-4-5-11-9(8-10)2-1-3-12(11)13-15-6-7-18-13/h1-8H,(H,16,17). The Morgan fingerprint density at radius 1 is 1.22 bits per heavy atom. The Hall–Kier alpha value is -2.20. The Labute approximate surface area is 107 Å². The summed E-state index contributed by atoms with van der Waals surface area (Å²) in [7, 11) is 0. The van der Waals surface area contributed by atoms with Crippen LogP contribution in [0, 0.1) is 0 Å². The van der Waals surface area contributed by atoms with E-state index in [9.17, 15) is 4.79 Å². The van der Waals surface area contributed by atoms with Crippen molar-refractivity contribution in [3.63, 3.8) is 0 Å².